The molecule has 86 valence electrons. The zero-order valence-corrected chi connectivity index (χ0v) is 9.42. The Morgan fingerprint density at radius 1 is 1.29 bits per heavy atom. The summed E-state index contributed by atoms with van der Waals surface area (Å²) in [4.78, 5) is 0. The zero-order valence-electron chi connectivity index (χ0n) is 8.60. The SMILES string of the molecule is CCCCCOC(C)OCS(=O)(=O)O. The molecule has 0 amide bonds. The number of hydrogen-bond acceptors (Lipinski definition) is 4. The lowest BCUT2D eigenvalue weighted by atomic mass is 10.3. The fraction of sp³-hybridized carbons (Fsp3) is 1.00. The van der Waals surface area contributed by atoms with Crippen LogP contribution in [-0.4, -0.2) is 31.8 Å². The second-order valence-corrected chi connectivity index (χ2v) is 4.41. The third kappa shape index (κ3) is 9.91. The largest absolute Gasteiger partial charge is 0.353 e. The maximum Gasteiger partial charge on any atom is 0.289 e. The summed E-state index contributed by atoms with van der Waals surface area (Å²) in [5.41, 5.74) is 0. The summed E-state index contributed by atoms with van der Waals surface area (Å²) in [6.07, 6.45) is 2.50. The molecule has 0 bridgehead atoms. The van der Waals surface area contributed by atoms with Crippen molar-refractivity contribution in [2.75, 3.05) is 12.5 Å². The third-order valence-electron chi connectivity index (χ3n) is 1.55. The Labute approximate surface area is 85.1 Å². The molecular weight excluding hydrogens is 208 g/mol. The molecule has 1 atom stereocenters. The van der Waals surface area contributed by atoms with E-state index in [-0.39, 0.29) is 0 Å². The molecule has 1 N–H and O–H groups in total. The Morgan fingerprint density at radius 2 is 1.93 bits per heavy atom. The molecule has 0 radical (unpaired) electrons. The van der Waals surface area contributed by atoms with Gasteiger partial charge in [0.2, 0.25) is 0 Å². The van der Waals surface area contributed by atoms with Crippen molar-refractivity contribution in [3.05, 3.63) is 0 Å². The minimum atomic E-state index is -4.06. The third-order valence-corrected chi connectivity index (χ3v) is 1.99. The van der Waals surface area contributed by atoms with Gasteiger partial charge in [0.05, 0.1) is 0 Å². The Bertz CT molecular complexity index is 224. The van der Waals surface area contributed by atoms with Gasteiger partial charge in [-0.2, -0.15) is 8.42 Å². The molecule has 1 unspecified atom stereocenters. The summed E-state index contributed by atoms with van der Waals surface area (Å²) in [6, 6.07) is 0. The van der Waals surface area contributed by atoms with Crippen molar-refractivity contribution in [2.24, 2.45) is 0 Å². The van der Waals surface area contributed by atoms with E-state index in [1.807, 2.05) is 0 Å². The van der Waals surface area contributed by atoms with Crippen LogP contribution in [0.1, 0.15) is 33.1 Å². The number of rotatable bonds is 8. The summed E-state index contributed by atoms with van der Waals surface area (Å²) < 4.78 is 38.8. The van der Waals surface area contributed by atoms with Gasteiger partial charge in [-0.1, -0.05) is 19.8 Å². The zero-order chi connectivity index (χ0) is 11.0. The molecule has 6 heteroatoms. The Hall–Kier alpha value is -0.170. The summed E-state index contributed by atoms with van der Waals surface area (Å²) in [7, 11) is -4.06. The maximum absolute atomic E-state index is 10.3. The number of hydrogen-bond donors (Lipinski definition) is 1. The number of unbranched alkanes of at least 4 members (excludes halogenated alkanes) is 2. The molecular formula is C8H18O5S. The lowest BCUT2D eigenvalue weighted by Crippen LogP contribution is -2.18. The molecule has 0 heterocycles. The fourth-order valence-corrected chi connectivity index (χ4v) is 1.19. The first-order chi connectivity index (χ1) is 6.45. The molecule has 5 nitrogen and oxygen atoms in total. The van der Waals surface area contributed by atoms with Gasteiger partial charge in [-0.25, -0.2) is 0 Å². The van der Waals surface area contributed by atoms with Gasteiger partial charge >= 0.3 is 0 Å². The van der Waals surface area contributed by atoms with Gasteiger partial charge in [0.25, 0.3) is 10.1 Å². The van der Waals surface area contributed by atoms with E-state index in [0.717, 1.165) is 19.3 Å². The van der Waals surface area contributed by atoms with Crippen LogP contribution in [0, 0.1) is 0 Å². The normalized spacial score (nSPS) is 14.2. The van der Waals surface area contributed by atoms with E-state index < -0.39 is 22.3 Å². The summed E-state index contributed by atoms with van der Waals surface area (Å²) in [5, 5.41) is 0. The van der Waals surface area contributed by atoms with Crippen molar-refractivity contribution in [3.63, 3.8) is 0 Å². The average Bonchev–Trinajstić information content (AvgIpc) is 2.08. The molecule has 14 heavy (non-hydrogen) atoms. The quantitative estimate of drug-likeness (QED) is 0.385. The van der Waals surface area contributed by atoms with E-state index in [4.69, 9.17) is 14.0 Å². The summed E-state index contributed by atoms with van der Waals surface area (Å²) in [6.45, 7) is 4.22. The van der Waals surface area contributed by atoms with Gasteiger partial charge in [0, 0.05) is 6.61 Å². The Balaban J connectivity index is 3.42. The van der Waals surface area contributed by atoms with Gasteiger partial charge in [0.1, 0.15) is 0 Å². The lowest BCUT2D eigenvalue weighted by molar-refractivity contribution is -0.118. The molecule has 0 saturated carbocycles. The van der Waals surface area contributed by atoms with E-state index >= 15 is 0 Å². The van der Waals surface area contributed by atoms with Crippen LogP contribution >= 0.6 is 0 Å². The highest BCUT2D eigenvalue weighted by atomic mass is 32.2. The molecule has 0 rings (SSSR count). The average molecular weight is 226 g/mol. The van der Waals surface area contributed by atoms with Crippen LogP contribution in [-0.2, 0) is 19.6 Å². The van der Waals surface area contributed by atoms with E-state index in [0.29, 0.717) is 6.61 Å². The van der Waals surface area contributed by atoms with E-state index in [1.165, 1.54) is 0 Å². The van der Waals surface area contributed by atoms with Gasteiger partial charge < -0.3 is 9.47 Å². The second-order valence-electron chi connectivity index (χ2n) is 3.01. The highest BCUT2D eigenvalue weighted by Gasteiger charge is 2.08. The molecule has 0 saturated heterocycles. The van der Waals surface area contributed by atoms with Crippen molar-refractivity contribution >= 4 is 10.1 Å². The minimum absolute atomic E-state index is 0.542. The summed E-state index contributed by atoms with van der Waals surface area (Å²) in [5.74, 6) is -0.720. The molecule has 0 spiro atoms. The van der Waals surface area contributed by atoms with Gasteiger partial charge in [0.15, 0.2) is 12.2 Å². The lowest BCUT2D eigenvalue weighted by Gasteiger charge is -2.12. The fourth-order valence-electron chi connectivity index (χ4n) is 0.831. The van der Waals surface area contributed by atoms with Crippen LogP contribution in [0.5, 0.6) is 0 Å². The molecule has 0 aromatic rings. The van der Waals surface area contributed by atoms with E-state index in [2.05, 4.69) is 6.92 Å². The molecule has 0 aromatic carbocycles. The van der Waals surface area contributed by atoms with Crippen molar-refractivity contribution in [2.45, 2.75) is 39.4 Å². The van der Waals surface area contributed by atoms with Gasteiger partial charge in [-0.05, 0) is 13.3 Å². The first-order valence-corrected chi connectivity index (χ1v) is 6.25. The molecule has 0 fully saturated rings. The first-order valence-electron chi connectivity index (χ1n) is 4.64. The maximum atomic E-state index is 10.3. The van der Waals surface area contributed by atoms with Crippen molar-refractivity contribution in [3.8, 4) is 0 Å². The molecule has 0 aliphatic carbocycles. The van der Waals surface area contributed by atoms with Crippen LogP contribution in [0.15, 0.2) is 0 Å². The molecule has 0 aliphatic rings. The van der Waals surface area contributed by atoms with E-state index in [9.17, 15) is 8.42 Å². The predicted molar refractivity (Wildman–Crippen MR) is 52.4 cm³/mol. The predicted octanol–water partition coefficient (Wildman–Crippen LogP) is 1.40. The highest BCUT2D eigenvalue weighted by Crippen LogP contribution is 2.00. The van der Waals surface area contributed by atoms with E-state index in [1.54, 1.807) is 6.92 Å². The van der Waals surface area contributed by atoms with Crippen molar-refractivity contribution in [1.82, 2.24) is 0 Å². The smallest absolute Gasteiger partial charge is 0.289 e. The van der Waals surface area contributed by atoms with Crippen LogP contribution < -0.4 is 0 Å². The van der Waals surface area contributed by atoms with Gasteiger partial charge in [-0.15, -0.1) is 0 Å². The number of ether oxygens (including phenoxy) is 2. The van der Waals surface area contributed by atoms with Gasteiger partial charge in [-0.3, -0.25) is 4.55 Å². The Morgan fingerprint density at radius 3 is 2.43 bits per heavy atom. The summed E-state index contributed by atoms with van der Waals surface area (Å²) >= 11 is 0. The van der Waals surface area contributed by atoms with Crippen LogP contribution in [0.3, 0.4) is 0 Å². The van der Waals surface area contributed by atoms with Crippen LogP contribution in [0.25, 0.3) is 0 Å². The van der Waals surface area contributed by atoms with Crippen LogP contribution in [0.4, 0.5) is 0 Å². The van der Waals surface area contributed by atoms with Crippen LogP contribution in [0.2, 0.25) is 0 Å². The standard InChI is InChI=1S/C8H18O5S/c1-3-4-5-6-12-8(2)13-7-14(9,10)11/h8H,3-7H2,1-2H3,(H,9,10,11). The minimum Gasteiger partial charge on any atom is -0.353 e. The highest BCUT2D eigenvalue weighted by molar-refractivity contribution is 7.85. The van der Waals surface area contributed by atoms with Crippen molar-refractivity contribution < 1.29 is 22.4 Å². The monoisotopic (exact) mass is 226 g/mol. The topological polar surface area (TPSA) is 72.8 Å². The van der Waals surface area contributed by atoms with Crippen molar-refractivity contribution in [1.29, 1.82) is 0 Å². The first kappa shape index (κ1) is 13.8. The second kappa shape index (κ2) is 7.17. The Kier molecular flexibility index (Phi) is 7.08. The molecule has 0 aliphatic heterocycles. The molecule has 0 aromatic heterocycles.